The van der Waals surface area contributed by atoms with Gasteiger partial charge in [-0.25, -0.2) is 18.2 Å². The lowest BCUT2D eigenvalue weighted by Crippen LogP contribution is -2.65. The Morgan fingerprint density at radius 3 is 2.66 bits per heavy atom. The van der Waals surface area contributed by atoms with Crippen LogP contribution in [0.25, 0.3) is 0 Å². The fourth-order valence-electron chi connectivity index (χ4n) is 6.03. The van der Waals surface area contributed by atoms with Crippen LogP contribution in [0.4, 0.5) is 19.0 Å². The number of halogens is 3. The summed E-state index contributed by atoms with van der Waals surface area (Å²) in [7, 11) is 0. The Morgan fingerprint density at radius 1 is 1.16 bits per heavy atom. The van der Waals surface area contributed by atoms with Crippen LogP contribution in [0.5, 0.6) is 17.4 Å². The van der Waals surface area contributed by atoms with Gasteiger partial charge in [0.1, 0.15) is 29.7 Å². The lowest BCUT2D eigenvalue weighted by molar-refractivity contribution is -0.0350. The molecule has 6 rings (SSSR count). The molecule has 13 heteroatoms. The third-order valence-corrected chi connectivity index (χ3v) is 8.08. The Kier molecular flexibility index (Phi) is 9.52. The molecule has 4 heterocycles. The molecule has 0 unspecified atom stereocenters. The number of hydrogen-bond acceptors (Lipinski definition) is 9. The van der Waals surface area contributed by atoms with Crippen molar-refractivity contribution in [2.75, 3.05) is 31.1 Å². The van der Waals surface area contributed by atoms with Crippen molar-refractivity contribution in [1.82, 2.24) is 30.4 Å². The molecule has 1 spiro atoms. The van der Waals surface area contributed by atoms with E-state index in [0.29, 0.717) is 18.9 Å². The number of alkyl halides is 2. The van der Waals surface area contributed by atoms with E-state index < -0.39 is 30.7 Å². The molecule has 1 aromatic carbocycles. The highest BCUT2D eigenvalue weighted by Gasteiger charge is 2.54. The number of pyridine rings is 1. The number of carbonyl (C=O) groups is 1. The molecule has 10 nitrogen and oxygen atoms in total. The van der Waals surface area contributed by atoms with Gasteiger partial charge in [0, 0.05) is 61.5 Å². The second-order valence-corrected chi connectivity index (χ2v) is 11.4. The molecule has 44 heavy (non-hydrogen) atoms. The van der Waals surface area contributed by atoms with Crippen LogP contribution in [0.15, 0.2) is 36.8 Å². The average Bonchev–Trinajstić information content (AvgIpc) is 2.98. The number of anilines is 1. The lowest BCUT2D eigenvalue weighted by atomic mass is 9.61. The number of aromatic nitrogens is 4. The van der Waals surface area contributed by atoms with Crippen molar-refractivity contribution >= 4 is 11.7 Å². The Balaban J connectivity index is 0.00000188. The van der Waals surface area contributed by atoms with E-state index in [0.717, 1.165) is 66.4 Å². The van der Waals surface area contributed by atoms with E-state index >= 15 is 0 Å². The number of fused-ring (bicyclic) bond motifs is 1. The Morgan fingerprint density at radius 2 is 1.93 bits per heavy atom. The number of carbonyl (C=O) groups excluding carboxylic acids is 1. The highest BCUT2D eigenvalue weighted by atomic mass is 19.3. The SMILES string of the molecule is CC.CC(C)N(CC(F)F)C(=O)c1cc(F)ccc1Oc1nncnc1N1CC2(CC(Oc3ccnc4c3CNCC4)C2)C1. The standard InChI is InChI=1S/C29H32F3N7O3.C2H6/c1-17(2)39(13-25(31)32)28(40)20-9-18(30)3-4-23(20)42-27-26(35-16-36-37-27)38-14-29(15-38)10-19(11-29)41-24-6-8-34-22-5-7-33-12-21(22)24;1-2/h3-4,6,8-9,16-17,19,25,33H,5,7,10-15H2,1-2H3;1-2H3. The minimum Gasteiger partial charge on any atom is -0.490 e. The molecular weight excluding hydrogens is 575 g/mol. The van der Waals surface area contributed by atoms with Crippen molar-refractivity contribution in [3.8, 4) is 17.4 Å². The number of ether oxygens (including phenoxy) is 2. The van der Waals surface area contributed by atoms with Crippen molar-refractivity contribution < 1.29 is 27.4 Å². The summed E-state index contributed by atoms with van der Waals surface area (Å²) >= 11 is 0. The average molecular weight is 614 g/mol. The maximum Gasteiger partial charge on any atom is 0.282 e. The summed E-state index contributed by atoms with van der Waals surface area (Å²) in [5, 5.41) is 11.3. The van der Waals surface area contributed by atoms with Crippen LogP contribution in [-0.2, 0) is 13.0 Å². The van der Waals surface area contributed by atoms with Gasteiger partial charge < -0.3 is 24.6 Å². The molecule has 2 aliphatic heterocycles. The van der Waals surface area contributed by atoms with Gasteiger partial charge in [0.2, 0.25) is 0 Å². The Labute approximate surface area is 255 Å². The van der Waals surface area contributed by atoms with E-state index in [-0.39, 0.29) is 28.7 Å². The third kappa shape index (κ3) is 6.57. The normalized spacial score (nSPS) is 16.9. The number of amides is 1. The minimum absolute atomic E-state index is 0.0209. The van der Waals surface area contributed by atoms with Crippen LogP contribution in [0.1, 0.15) is 62.2 Å². The van der Waals surface area contributed by atoms with Crippen LogP contribution >= 0.6 is 0 Å². The summed E-state index contributed by atoms with van der Waals surface area (Å²) in [6.07, 6.45) is 3.18. The van der Waals surface area contributed by atoms with E-state index in [1.807, 2.05) is 31.0 Å². The first-order valence-corrected chi connectivity index (χ1v) is 15.0. The second-order valence-electron chi connectivity index (χ2n) is 11.4. The van der Waals surface area contributed by atoms with Gasteiger partial charge in [-0.1, -0.05) is 13.8 Å². The van der Waals surface area contributed by atoms with Gasteiger partial charge in [0.25, 0.3) is 18.2 Å². The molecule has 1 saturated heterocycles. The maximum absolute atomic E-state index is 14.2. The summed E-state index contributed by atoms with van der Waals surface area (Å²) in [5.74, 6) is -0.112. The topological polar surface area (TPSA) is 106 Å². The predicted octanol–water partition coefficient (Wildman–Crippen LogP) is 5.03. The molecule has 1 aliphatic carbocycles. The molecule has 1 amide bonds. The molecule has 3 aliphatic rings. The van der Waals surface area contributed by atoms with E-state index in [4.69, 9.17) is 9.47 Å². The largest absolute Gasteiger partial charge is 0.490 e. The molecular formula is C31H38F3N7O3. The highest BCUT2D eigenvalue weighted by Crippen LogP contribution is 2.52. The van der Waals surface area contributed by atoms with Crippen molar-refractivity contribution in [3.05, 3.63) is 59.4 Å². The summed E-state index contributed by atoms with van der Waals surface area (Å²) in [4.78, 5) is 25.1. The molecule has 1 saturated carbocycles. The molecule has 2 aromatic heterocycles. The second kappa shape index (κ2) is 13.3. The highest BCUT2D eigenvalue weighted by molar-refractivity contribution is 5.97. The predicted molar refractivity (Wildman–Crippen MR) is 158 cm³/mol. The first-order valence-electron chi connectivity index (χ1n) is 15.0. The third-order valence-electron chi connectivity index (χ3n) is 8.08. The molecule has 0 atom stereocenters. The van der Waals surface area contributed by atoms with Gasteiger partial charge in [0.15, 0.2) is 5.82 Å². The summed E-state index contributed by atoms with van der Waals surface area (Å²) in [6, 6.07) is 4.78. The Bertz CT molecular complexity index is 1460. The molecule has 3 aromatic rings. The monoisotopic (exact) mass is 613 g/mol. The van der Waals surface area contributed by atoms with Gasteiger partial charge in [-0.2, -0.15) is 0 Å². The zero-order valence-corrected chi connectivity index (χ0v) is 25.4. The first-order chi connectivity index (χ1) is 21.2. The van der Waals surface area contributed by atoms with Crippen molar-refractivity contribution in [3.63, 3.8) is 0 Å². The van der Waals surface area contributed by atoms with Gasteiger partial charge in [-0.3, -0.25) is 9.78 Å². The van der Waals surface area contributed by atoms with E-state index in [1.165, 1.54) is 12.4 Å². The van der Waals surface area contributed by atoms with Crippen LogP contribution in [0.2, 0.25) is 0 Å². The van der Waals surface area contributed by atoms with Crippen molar-refractivity contribution in [2.24, 2.45) is 5.41 Å². The van der Waals surface area contributed by atoms with E-state index in [9.17, 15) is 18.0 Å². The number of benzene rings is 1. The fraction of sp³-hybridized carbons (Fsp3) is 0.516. The smallest absolute Gasteiger partial charge is 0.282 e. The summed E-state index contributed by atoms with van der Waals surface area (Å²) < 4.78 is 52.9. The summed E-state index contributed by atoms with van der Waals surface area (Å²) in [6.45, 7) is 9.54. The minimum atomic E-state index is -2.74. The molecule has 236 valence electrons. The first kappa shape index (κ1) is 31.4. The van der Waals surface area contributed by atoms with Crippen LogP contribution in [-0.4, -0.2) is 75.7 Å². The van der Waals surface area contributed by atoms with Gasteiger partial charge in [0.05, 0.1) is 12.1 Å². The number of nitrogens with zero attached hydrogens (tertiary/aromatic N) is 6. The number of hydrogen-bond donors (Lipinski definition) is 1. The van der Waals surface area contributed by atoms with Gasteiger partial charge in [-0.15, -0.1) is 10.2 Å². The van der Waals surface area contributed by atoms with Crippen LogP contribution in [0, 0.1) is 11.2 Å². The van der Waals surface area contributed by atoms with Gasteiger partial charge in [-0.05, 0) is 51.0 Å². The zero-order chi connectivity index (χ0) is 31.4. The zero-order valence-electron chi connectivity index (χ0n) is 25.4. The van der Waals surface area contributed by atoms with E-state index in [1.54, 1.807) is 13.8 Å². The Hall–Kier alpha value is -4.00. The van der Waals surface area contributed by atoms with Crippen LogP contribution < -0.4 is 19.7 Å². The number of rotatable bonds is 9. The molecule has 0 bridgehead atoms. The maximum atomic E-state index is 14.2. The fourth-order valence-corrected chi connectivity index (χ4v) is 6.03. The molecule has 1 N–H and O–H groups in total. The van der Waals surface area contributed by atoms with Gasteiger partial charge >= 0.3 is 0 Å². The van der Waals surface area contributed by atoms with Crippen molar-refractivity contribution in [2.45, 2.75) is 72.1 Å². The molecule has 2 fully saturated rings. The van der Waals surface area contributed by atoms with Crippen LogP contribution in [0.3, 0.4) is 0 Å². The lowest BCUT2D eigenvalue weighted by Gasteiger charge is -2.58. The number of nitrogens with one attached hydrogen (secondary N) is 1. The van der Waals surface area contributed by atoms with Crippen molar-refractivity contribution in [1.29, 1.82) is 0 Å². The quantitative estimate of drug-likeness (QED) is 0.356. The van der Waals surface area contributed by atoms with E-state index in [2.05, 4.69) is 25.5 Å². The summed E-state index contributed by atoms with van der Waals surface area (Å²) in [5.41, 5.74) is 2.13. The molecule has 0 radical (unpaired) electrons.